The highest BCUT2D eigenvalue weighted by molar-refractivity contribution is 6.07. The summed E-state index contributed by atoms with van der Waals surface area (Å²) in [4.78, 5) is 28.9. The highest BCUT2D eigenvalue weighted by Gasteiger charge is 2.50. The molecule has 2 aromatic rings. The van der Waals surface area contributed by atoms with Gasteiger partial charge in [0.05, 0.1) is 5.69 Å². The first kappa shape index (κ1) is 25.5. The van der Waals surface area contributed by atoms with Crippen LogP contribution in [-0.2, 0) is 4.79 Å². The number of carbonyl (C=O) groups is 2. The molecule has 6 nitrogen and oxygen atoms in total. The third-order valence-electron chi connectivity index (χ3n) is 7.57. The van der Waals surface area contributed by atoms with Crippen LogP contribution in [0.25, 0.3) is 0 Å². The lowest BCUT2D eigenvalue weighted by atomic mass is 9.81. The fourth-order valence-electron chi connectivity index (χ4n) is 6.03. The molecule has 2 saturated carbocycles. The van der Waals surface area contributed by atoms with Crippen LogP contribution in [0.2, 0.25) is 0 Å². The van der Waals surface area contributed by atoms with Crippen molar-refractivity contribution < 1.29 is 37.0 Å². The number of halogens is 4. The highest BCUT2D eigenvalue weighted by atomic mass is 19.4. The predicted molar refractivity (Wildman–Crippen MR) is 127 cm³/mol. The maximum absolute atomic E-state index is 14.5. The van der Waals surface area contributed by atoms with Gasteiger partial charge in [-0.15, -0.1) is 13.2 Å². The molecule has 5 rings (SSSR count). The fourth-order valence-corrected chi connectivity index (χ4v) is 6.03. The zero-order valence-corrected chi connectivity index (χ0v) is 20.1. The van der Waals surface area contributed by atoms with Gasteiger partial charge < -0.3 is 14.7 Å². The zero-order chi connectivity index (χ0) is 26.3. The average molecular weight is 521 g/mol. The summed E-state index contributed by atoms with van der Waals surface area (Å²) in [5.74, 6) is -2.06. The van der Waals surface area contributed by atoms with Crippen molar-refractivity contribution in [3.8, 4) is 5.75 Å². The summed E-state index contributed by atoms with van der Waals surface area (Å²) >= 11 is 0. The Hall–Kier alpha value is -3.14. The van der Waals surface area contributed by atoms with Crippen LogP contribution in [-0.4, -0.2) is 46.9 Å². The minimum absolute atomic E-state index is 0.0593. The number of hydrogen-bond donors (Lipinski definition) is 1. The Morgan fingerprint density at radius 3 is 2.43 bits per heavy atom. The molecule has 0 unspecified atom stereocenters. The number of carboxylic acid groups (broad SMARTS) is 1. The van der Waals surface area contributed by atoms with Crippen LogP contribution in [0, 0.1) is 11.7 Å². The number of fused-ring (bicyclic) bond motifs is 2. The van der Waals surface area contributed by atoms with E-state index in [0.29, 0.717) is 24.7 Å². The van der Waals surface area contributed by atoms with E-state index in [0.717, 1.165) is 49.8 Å². The third-order valence-corrected chi connectivity index (χ3v) is 7.57. The Morgan fingerprint density at radius 2 is 1.78 bits per heavy atom. The van der Waals surface area contributed by atoms with Crippen LogP contribution in [0.5, 0.6) is 5.75 Å². The minimum atomic E-state index is -4.83. The van der Waals surface area contributed by atoms with Gasteiger partial charge >= 0.3 is 12.3 Å². The Morgan fingerprint density at radius 1 is 1.05 bits per heavy atom. The van der Waals surface area contributed by atoms with Crippen LogP contribution in [0.15, 0.2) is 42.5 Å². The van der Waals surface area contributed by atoms with Crippen molar-refractivity contribution in [1.29, 1.82) is 0 Å². The quantitative estimate of drug-likeness (QED) is 0.438. The SMILES string of the molecule is O=C(O)CCCN(C1CC1)[C@H]1c2ccc(F)cc2N(C(=O)c2ccc(OC(F)(F)F)cc2)[C@H]2CCC[C@H]21. The number of rotatable bonds is 8. The molecule has 198 valence electrons. The number of carboxylic acids is 1. The molecule has 0 saturated heterocycles. The van der Waals surface area contributed by atoms with E-state index < -0.39 is 29.8 Å². The molecule has 1 aliphatic heterocycles. The average Bonchev–Trinajstić information content (AvgIpc) is 3.56. The Kier molecular flexibility index (Phi) is 6.87. The van der Waals surface area contributed by atoms with Gasteiger partial charge in [0.2, 0.25) is 0 Å². The molecule has 3 aliphatic rings. The molecular formula is C27H28F4N2O4. The summed E-state index contributed by atoms with van der Waals surface area (Å²) in [5.41, 5.74) is 1.49. The van der Waals surface area contributed by atoms with Crippen molar-refractivity contribution in [3.63, 3.8) is 0 Å². The van der Waals surface area contributed by atoms with Gasteiger partial charge in [-0.2, -0.15) is 0 Å². The molecule has 2 aliphatic carbocycles. The van der Waals surface area contributed by atoms with E-state index in [2.05, 4.69) is 9.64 Å². The summed E-state index contributed by atoms with van der Waals surface area (Å²) in [6.45, 7) is 0.607. The topological polar surface area (TPSA) is 70.1 Å². The van der Waals surface area contributed by atoms with Crippen LogP contribution in [0.4, 0.5) is 23.2 Å². The van der Waals surface area contributed by atoms with Crippen molar-refractivity contribution in [2.24, 2.45) is 5.92 Å². The smallest absolute Gasteiger partial charge is 0.481 e. The molecule has 0 radical (unpaired) electrons. The maximum Gasteiger partial charge on any atom is 0.573 e. The molecule has 2 fully saturated rings. The van der Waals surface area contributed by atoms with Gasteiger partial charge in [0.25, 0.3) is 5.91 Å². The predicted octanol–water partition coefficient (Wildman–Crippen LogP) is 5.92. The molecule has 1 N–H and O–H groups in total. The van der Waals surface area contributed by atoms with Crippen molar-refractivity contribution in [2.45, 2.75) is 69.4 Å². The van der Waals surface area contributed by atoms with Crippen molar-refractivity contribution in [1.82, 2.24) is 4.90 Å². The third kappa shape index (κ3) is 5.44. The van der Waals surface area contributed by atoms with Crippen molar-refractivity contribution >= 4 is 17.6 Å². The second-order valence-electron chi connectivity index (χ2n) is 10.0. The van der Waals surface area contributed by atoms with Gasteiger partial charge in [0.15, 0.2) is 0 Å². The molecule has 3 atom stereocenters. The molecule has 0 bridgehead atoms. The minimum Gasteiger partial charge on any atom is -0.481 e. The van der Waals surface area contributed by atoms with Gasteiger partial charge in [-0.05, 0) is 86.5 Å². The second-order valence-corrected chi connectivity index (χ2v) is 10.0. The number of anilines is 1. The number of alkyl halides is 3. The van der Waals surface area contributed by atoms with Gasteiger partial charge in [-0.3, -0.25) is 14.5 Å². The van der Waals surface area contributed by atoms with Gasteiger partial charge in [0, 0.05) is 30.1 Å². The molecule has 10 heteroatoms. The molecule has 0 spiro atoms. The van der Waals surface area contributed by atoms with Crippen molar-refractivity contribution in [2.75, 3.05) is 11.4 Å². The fraction of sp³-hybridized carbons (Fsp3) is 0.481. The van der Waals surface area contributed by atoms with Gasteiger partial charge in [0.1, 0.15) is 11.6 Å². The van der Waals surface area contributed by atoms with Crippen LogP contribution >= 0.6 is 0 Å². The molecule has 1 amide bonds. The van der Waals surface area contributed by atoms with Crippen molar-refractivity contribution in [3.05, 3.63) is 59.4 Å². The first-order valence-electron chi connectivity index (χ1n) is 12.6. The summed E-state index contributed by atoms with van der Waals surface area (Å²) < 4.78 is 56.1. The summed E-state index contributed by atoms with van der Waals surface area (Å²) in [5, 5.41) is 9.14. The van der Waals surface area contributed by atoms with E-state index in [9.17, 15) is 27.2 Å². The highest BCUT2D eigenvalue weighted by Crippen LogP contribution is 2.53. The van der Waals surface area contributed by atoms with E-state index in [-0.39, 0.29) is 30.0 Å². The molecule has 0 aromatic heterocycles. The lowest BCUT2D eigenvalue weighted by Crippen LogP contribution is -2.52. The van der Waals surface area contributed by atoms with Gasteiger partial charge in [-0.25, -0.2) is 4.39 Å². The monoisotopic (exact) mass is 520 g/mol. The molecule has 2 aromatic carbocycles. The number of benzene rings is 2. The molecular weight excluding hydrogens is 492 g/mol. The summed E-state index contributed by atoms with van der Waals surface area (Å²) in [7, 11) is 0. The number of carbonyl (C=O) groups excluding carboxylic acids is 1. The van der Waals surface area contributed by atoms with Gasteiger partial charge in [-0.1, -0.05) is 12.5 Å². The first-order chi connectivity index (χ1) is 17.6. The Balaban J connectivity index is 1.49. The number of aliphatic carboxylic acids is 1. The van der Waals surface area contributed by atoms with E-state index >= 15 is 0 Å². The summed E-state index contributed by atoms with van der Waals surface area (Å²) in [6, 6.07) is 9.33. The number of nitrogens with zero attached hydrogens (tertiary/aromatic N) is 2. The Bertz CT molecular complexity index is 1170. The zero-order valence-electron chi connectivity index (χ0n) is 20.1. The Labute approximate surface area is 211 Å². The van der Waals surface area contributed by atoms with E-state index in [4.69, 9.17) is 5.11 Å². The standard InChI is InChI=1S/C27H28F4N2O4/c28-17-8-13-21-23(15-17)33(26(36)16-6-11-19(12-7-16)37-27(29,30)31)22-4-1-3-20(22)25(21)32(18-9-10-18)14-2-5-24(34)35/h6-8,11-13,15,18,20,22,25H,1-5,9-10,14H2,(H,34,35)/t20-,22+,25-/m1/s1. The molecule has 1 heterocycles. The number of hydrogen-bond acceptors (Lipinski definition) is 4. The normalized spacial score (nSPS) is 23.1. The number of amides is 1. The van der Waals surface area contributed by atoms with Crippen LogP contribution in [0.1, 0.15) is 66.9 Å². The molecule has 37 heavy (non-hydrogen) atoms. The van der Waals surface area contributed by atoms with E-state index in [1.165, 1.54) is 24.3 Å². The van der Waals surface area contributed by atoms with E-state index in [1.54, 1.807) is 11.0 Å². The van der Waals surface area contributed by atoms with E-state index in [1.807, 2.05) is 0 Å². The van der Waals surface area contributed by atoms with Crippen LogP contribution in [0.3, 0.4) is 0 Å². The summed E-state index contributed by atoms with van der Waals surface area (Å²) in [6.07, 6.45) is 0.266. The second kappa shape index (κ2) is 9.96. The largest absolute Gasteiger partial charge is 0.573 e. The lowest BCUT2D eigenvalue weighted by Gasteiger charge is -2.48. The lowest BCUT2D eigenvalue weighted by molar-refractivity contribution is -0.274. The van der Waals surface area contributed by atoms with Crippen LogP contribution < -0.4 is 9.64 Å². The maximum atomic E-state index is 14.5. The number of ether oxygens (including phenoxy) is 1. The first-order valence-corrected chi connectivity index (χ1v) is 12.6.